The first-order valence-corrected chi connectivity index (χ1v) is 27.8. The van der Waals surface area contributed by atoms with Crippen molar-refractivity contribution in [1.82, 2.24) is 53.6 Å². The van der Waals surface area contributed by atoms with Gasteiger partial charge in [0.15, 0.2) is 35.1 Å². The monoisotopic (exact) mass is 1160 g/mol. The number of nitrogens with one attached hydrogen (secondary N) is 3. The van der Waals surface area contributed by atoms with Crippen LogP contribution in [-0.2, 0) is 71.0 Å². The van der Waals surface area contributed by atoms with Crippen LogP contribution in [0.2, 0.25) is 0 Å². The molecule has 3 aliphatic rings. The fourth-order valence-corrected chi connectivity index (χ4v) is 13.0. The Hall–Kier alpha value is -4.95. The molecule has 6 aromatic heterocycles. The standard InChI is InChI=1S/C34H46N14O24P4/c1-12-41-27-17(29(53)42-12)40-10-47(27)31-21(51)19(49)13(67-31)5-64-73(55,56)70-23-15(69-33(24(23)63-4)46-9-39-16-25(36-2)37-8-38-26(16)46)7-66-75(59,60)72-76(61,62)71-74(57,58)65-6-14-20(50)22(52)32(68-14)48-11-45(3)18-28(48)43-34(35)44-30(18)54/h8-11,13-15,19-24,31-33,49-52H,5-7H2,1-4H3,(H8-,35,36,37,38,41,42,43,44,53,54,55,56,57,58,59,60,61,62)/p+1/t13-,14-,15-,19?,20?,21+,22?,23?,24+,31-,32-,33-/m1/s1. The number of rotatable bonds is 20. The number of phosphoric acid groups is 4. The number of aliphatic hydroxyl groups is 4. The average molecular weight is 1160 g/mol. The van der Waals surface area contributed by atoms with Gasteiger partial charge in [-0.1, -0.05) is 0 Å². The molecular formula is C34H47N14O24P4+. The molecule has 0 aromatic carbocycles. The van der Waals surface area contributed by atoms with Gasteiger partial charge in [-0.15, -0.1) is 0 Å². The van der Waals surface area contributed by atoms with Crippen molar-refractivity contribution in [3.8, 4) is 0 Å². The van der Waals surface area contributed by atoms with Crippen molar-refractivity contribution in [3.05, 3.63) is 51.8 Å². The van der Waals surface area contributed by atoms with Crippen LogP contribution in [0.1, 0.15) is 24.5 Å². The smallest absolute Gasteiger partial charge is 0.387 e. The summed E-state index contributed by atoms with van der Waals surface area (Å²) in [5.41, 5.74) is 4.43. The number of aliphatic hydroxyl groups excluding tert-OH is 4. The molecule has 0 amide bonds. The Morgan fingerprint density at radius 3 is 1.84 bits per heavy atom. The number of nitrogens with two attached hydrogens (primary N) is 1. The summed E-state index contributed by atoms with van der Waals surface area (Å²) in [5, 5.41) is 46.1. The van der Waals surface area contributed by atoms with Crippen LogP contribution in [0.15, 0.2) is 34.9 Å². The molecule has 3 fully saturated rings. The second-order valence-electron chi connectivity index (χ2n) is 16.9. The third-order valence-electron chi connectivity index (χ3n) is 11.9. The summed E-state index contributed by atoms with van der Waals surface area (Å²) < 4.78 is 109. The van der Waals surface area contributed by atoms with Gasteiger partial charge < -0.3 is 75.0 Å². The van der Waals surface area contributed by atoms with Crippen molar-refractivity contribution >= 4 is 76.5 Å². The normalized spacial score (nSPS) is 30.2. The van der Waals surface area contributed by atoms with E-state index in [9.17, 15) is 67.8 Å². The van der Waals surface area contributed by atoms with Crippen LogP contribution < -0.4 is 26.7 Å². The summed E-state index contributed by atoms with van der Waals surface area (Å²) >= 11 is 0. The zero-order chi connectivity index (χ0) is 55.0. The lowest BCUT2D eigenvalue weighted by atomic mass is 10.1. The molecule has 42 heteroatoms. The number of nitrogen functional groups attached to an aromatic ring is 1. The Bertz CT molecular complexity index is 3490. The average Bonchev–Trinajstić information content (AvgIpc) is 4.19. The van der Waals surface area contributed by atoms with E-state index in [-0.39, 0.29) is 51.1 Å². The van der Waals surface area contributed by atoms with Crippen molar-refractivity contribution in [2.75, 3.05) is 45.0 Å². The lowest BCUT2D eigenvalue weighted by Gasteiger charge is -2.26. The number of aromatic amines is 2. The van der Waals surface area contributed by atoms with E-state index in [0.717, 1.165) is 28.9 Å². The maximum atomic E-state index is 13.7. The van der Waals surface area contributed by atoms with Gasteiger partial charge in [0.25, 0.3) is 16.7 Å². The SMILES string of the molecule is CNc1ncnc2c1ncn2[C@@H]1O[C@H](COP(=O)(O)OP(=O)(O)OP(=O)(O)OC[C@H]2O[C@@H](n3c[n+](C)c4c(=O)[nH]c(N)nc43)C(O)C2O)C(OP(=O)(O)OC[C@H]2O[C@@H](n3cnc4c(=O)[nH]c(C)nc43)[C@@H](O)C2O)[C@@H]1OC. The molecule has 0 aliphatic carbocycles. The topological polar surface area (TPSA) is 522 Å². The van der Waals surface area contributed by atoms with Crippen LogP contribution >= 0.6 is 31.3 Å². The molecule has 13 N–H and O–H groups in total. The van der Waals surface area contributed by atoms with Crippen molar-refractivity contribution in [2.24, 2.45) is 7.05 Å². The first kappa shape index (κ1) is 55.8. The molecule has 8 unspecified atom stereocenters. The molecule has 3 aliphatic heterocycles. The lowest BCUT2D eigenvalue weighted by Crippen LogP contribution is -2.38. The molecule has 76 heavy (non-hydrogen) atoms. The first-order valence-electron chi connectivity index (χ1n) is 21.8. The van der Waals surface area contributed by atoms with E-state index in [1.165, 1.54) is 35.8 Å². The fraction of sp³-hybridized carbons (Fsp3) is 0.559. The van der Waals surface area contributed by atoms with Gasteiger partial charge in [0.2, 0.25) is 18.5 Å². The number of hydrogen-bond donors (Lipinski definition) is 12. The maximum Gasteiger partial charge on any atom is 0.490 e. The van der Waals surface area contributed by atoms with Gasteiger partial charge in [-0.2, -0.15) is 18.2 Å². The number of aryl methyl sites for hydroxylation is 2. The van der Waals surface area contributed by atoms with Crippen molar-refractivity contribution < 1.29 is 108 Å². The second kappa shape index (κ2) is 21.0. The summed E-state index contributed by atoms with van der Waals surface area (Å²) in [4.78, 5) is 96.9. The largest absolute Gasteiger partial charge is 0.490 e. The molecule has 416 valence electrons. The van der Waals surface area contributed by atoms with Crippen LogP contribution in [0, 0.1) is 6.92 Å². The summed E-state index contributed by atoms with van der Waals surface area (Å²) in [7, 11) is -19.3. The Morgan fingerprint density at radius 1 is 0.684 bits per heavy atom. The van der Waals surface area contributed by atoms with E-state index < -0.39 is 136 Å². The Morgan fingerprint density at radius 2 is 1.24 bits per heavy atom. The Balaban J connectivity index is 0.868. The minimum Gasteiger partial charge on any atom is -0.387 e. The van der Waals surface area contributed by atoms with Gasteiger partial charge in [0.1, 0.15) is 72.6 Å². The molecule has 6 aromatic rings. The van der Waals surface area contributed by atoms with Gasteiger partial charge >= 0.3 is 36.9 Å². The molecule has 16 atom stereocenters. The fourth-order valence-electron chi connectivity index (χ4n) is 8.55. The van der Waals surface area contributed by atoms with Crippen molar-refractivity contribution in [2.45, 2.75) is 80.5 Å². The molecule has 9 rings (SSSR count). The summed E-state index contributed by atoms with van der Waals surface area (Å²) in [6.07, 6.45) is -15.3. The van der Waals surface area contributed by atoms with Gasteiger partial charge in [0, 0.05) is 14.2 Å². The number of phosphoric ester groups is 3. The molecule has 0 spiro atoms. The predicted octanol–water partition coefficient (Wildman–Crippen LogP) is -3.52. The van der Waals surface area contributed by atoms with Crippen molar-refractivity contribution in [3.63, 3.8) is 0 Å². The number of fused-ring (bicyclic) bond motifs is 3. The van der Waals surface area contributed by atoms with E-state index >= 15 is 0 Å². The lowest BCUT2D eigenvalue weighted by molar-refractivity contribution is -0.646. The maximum absolute atomic E-state index is 13.7. The quantitative estimate of drug-likeness (QED) is 0.0260. The number of methoxy groups -OCH3 is 1. The number of H-pyrrole nitrogens is 2. The third-order valence-corrected chi connectivity index (χ3v) is 17.1. The number of nitrogens with zero attached hydrogens (tertiary/aromatic N) is 10. The van der Waals surface area contributed by atoms with E-state index in [1.54, 1.807) is 7.05 Å². The minimum absolute atomic E-state index is 0.0195. The van der Waals surface area contributed by atoms with Gasteiger partial charge in [0.05, 0.1) is 39.5 Å². The number of anilines is 2. The number of aromatic nitrogens is 12. The van der Waals surface area contributed by atoms with E-state index in [4.69, 9.17) is 42.8 Å². The highest BCUT2D eigenvalue weighted by atomic mass is 31.3. The zero-order valence-corrected chi connectivity index (χ0v) is 42.9. The van der Waals surface area contributed by atoms with Crippen LogP contribution in [0.25, 0.3) is 33.5 Å². The molecular weight excluding hydrogens is 1110 g/mol. The summed E-state index contributed by atoms with van der Waals surface area (Å²) in [6, 6.07) is 0. The number of hydrogen-bond acceptors (Lipinski definition) is 28. The molecule has 3 saturated heterocycles. The molecule has 0 radical (unpaired) electrons. The van der Waals surface area contributed by atoms with E-state index in [0.29, 0.717) is 0 Å². The van der Waals surface area contributed by atoms with Crippen LogP contribution in [0.5, 0.6) is 0 Å². The van der Waals surface area contributed by atoms with Gasteiger partial charge in [-0.3, -0.25) is 41.8 Å². The highest BCUT2D eigenvalue weighted by molar-refractivity contribution is 7.66. The second-order valence-corrected chi connectivity index (χ2v) is 22.9. The minimum atomic E-state index is -6.20. The molecule has 38 nitrogen and oxygen atoms in total. The van der Waals surface area contributed by atoms with Crippen LogP contribution in [-0.4, -0.2) is 182 Å². The van der Waals surface area contributed by atoms with E-state index in [1.807, 2.05) is 0 Å². The van der Waals surface area contributed by atoms with Crippen LogP contribution in [0.3, 0.4) is 0 Å². The number of ether oxygens (including phenoxy) is 4. The van der Waals surface area contributed by atoms with Gasteiger partial charge in [-0.05, 0) is 6.92 Å². The summed E-state index contributed by atoms with van der Waals surface area (Å²) in [6.45, 7) is -1.85. The molecule has 0 saturated carbocycles. The first-order chi connectivity index (χ1) is 35.7. The summed E-state index contributed by atoms with van der Waals surface area (Å²) in [5.74, 6) is 0.135. The molecule has 0 bridgehead atoms. The molecule has 9 heterocycles. The Labute approximate surface area is 422 Å². The third kappa shape index (κ3) is 11.1. The van der Waals surface area contributed by atoms with Gasteiger partial charge in [-0.25, -0.2) is 47.7 Å². The highest BCUT2D eigenvalue weighted by Crippen LogP contribution is 2.68. The van der Waals surface area contributed by atoms with E-state index in [2.05, 4.69) is 53.8 Å². The Kier molecular flexibility index (Phi) is 15.4. The predicted molar refractivity (Wildman–Crippen MR) is 244 cm³/mol. The highest BCUT2D eigenvalue weighted by Gasteiger charge is 2.54. The zero-order valence-electron chi connectivity index (χ0n) is 39.3. The van der Waals surface area contributed by atoms with Crippen LogP contribution in [0.4, 0.5) is 11.8 Å². The van der Waals surface area contributed by atoms with Crippen molar-refractivity contribution in [1.29, 1.82) is 0 Å². The number of imidazole rings is 3.